The summed E-state index contributed by atoms with van der Waals surface area (Å²) in [4.78, 5) is 15.3. The standard InChI is InChI=1S/C36H30O3S/c1-40-31-20-17-26(18-21-31)33(37)24-32(27-19-22-34-35(23-27)39-25-38-34)36(28-11-5-2-6-12-28,29-13-7-3-8-14-29)30-15-9-4-10-16-30/h2-23,32H,24-25H2,1H3. The number of ketones is 1. The van der Waals surface area contributed by atoms with Crippen molar-refractivity contribution in [3.8, 4) is 11.5 Å². The highest BCUT2D eigenvalue weighted by atomic mass is 32.2. The summed E-state index contributed by atoms with van der Waals surface area (Å²) in [5.74, 6) is 1.29. The van der Waals surface area contributed by atoms with E-state index in [1.165, 1.54) is 0 Å². The maximum Gasteiger partial charge on any atom is 0.231 e. The molecule has 40 heavy (non-hydrogen) atoms. The Labute approximate surface area is 239 Å². The van der Waals surface area contributed by atoms with Gasteiger partial charge in [-0.1, -0.05) is 109 Å². The molecule has 4 heteroatoms. The van der Waals surface area contributed by atoms with E-state index in [0.29, 0.717) is 17.7 Å². The van der Waals surface area contributed by atoms with Gasteiger partial charge in [0.05, 0.1) is 5.41 Å². The van der Waals surface area contributed by atoms with Crippen LogP contribution in [0.1, 0.15) is 45.0 Å². The quantitative estimate of drug-likeness (QED) is 0.106. The van der Waals surface area contributed by atoms with Crippen LogP contribution in [0.5, 0.6) is 11.5 Å². The Kier molecular flexibility index (Phi) is 7.43. The lowest BCUT2D eigenvalue weighted by molar-refractivity contribution is 0.0965. The molecule has 1 unspecified atom stereocenters. The Morgan fingerprint density at radius 3 is 1.75 bits per heavy atom. The Hall–Kier alpha value is -4.28. The van der Waals surface area contributed by atoms with Gasteiger partial charge in [-0.05, 0) is 52.8 Å². The van der Waals surface area contributed by atoms with Crippen LogP contribution in [-0.4, -0.2) is 18.8 Å². The molecule has 0 bridgehead atoms. The van der Waals surface area contributed by atoms with Crippen molar-refractivity contribution in [3.63, 3.8) is 0 Å². The zero-order chi connectivity index (χ0) is 27.4. The molecule has 5 aromatic carbocycles. The van der Waals surface area contributed by atoms with Gasteiger partial charge in [-0.3, -0.25) is 4.79 Å². The van der Waals surface area contributed by atoms with Gasteiger partial charge in [0.25, 0.3) is 0 Å². The highest BCUT2D eigenvalue weighted by Crippen LogP contribution is 2.52. The number of fused-ring (bicyclic) bond motifs is 1. The minimum atomic E-state index is -0.660. The van der Waals surface area contributed by atoms with Gasteiger partial charge < -0.3 is 9.47 Å². The molecule has 1 heterocycles. The predicted molar refractivity (Wildman–Crippen MR) is 162 cm³/mol. The van der Waals surface area contributed by atoms with Crippen LogP contribution in [0.3, 0.4) is 0 Å². The van der Waals surface area contributed by atoms with E-state index in [2.05, 4.69) is 84.9 Å². The first-order chi connectivity index (χ1) is 19.7. The molecule has 5 aromatic rings. The molecule has 1 aliphatic rings. The number of Topliss-reactive ketones (excluding diaryl/α,β-unsaturated/α-hetero) is 1. The number of benzene rings is 5. The van der Waals surface area contributed by atoms with Gasteiger partial charge in [0.2, 0.25) is 6.79 Å². The maximum atomic E-state index is 14.1. The van der Waals surface area contributed by atoms with E-state index < -0.39 is 5.41 Å². The van der Waals surface area contributed by atoms with Crippen molar-refractivity contribution in [2.45, 2.75) is 22.6 Å². The topological polar surface area (TPSA) is 35.5 Å². The van der Waals surface area contributed by atoms with E-state index in [0.717, 1.165) is 32.9 Å². The molecule has 198 valence electrons. The molecule has 1 atom stereocenters. The molecule has 0 N–H and O–H groups in total. The summed E-state index contributed by atoms with van der Waals surface area (Å²) in [5.41, 5.74) is 4.45. The third-order valence-corrected chi connectivity index (χ3v) is 8.55. The second kappa shape index (κ2) is 11.4. The zero-order valence-electron chi connectivity index (χ0n) is 22.3. The lowest BCUT2D eigenvalue weighted by atomic mass is 9.58. The number of hydrogen-bond acceptors (Lipinski definition) is 4. The SMILES string of the molecule is CSc1ccc(C(=O)CC(c2ccc3c(c2)OCO3)C(c2ccccc2)(c2ccccc2)c2ccccc2)cc1. The average molecular weight is 543 g/mol. The molecule has 0 aliphatic carbocycles. The van der Waals surface area contributed by atoms with E-state index in [4.69, 9.17) is 9.47 Å². The molecular weight excluding hydrogens is 512 g/mol. The van der Waals surface area contributed by atoms with Gasteiger partial charge in [-0.25, -0.2) is 0 Å². The van der Waals surface area contributed by atoms with Gasteiger partial charge in [0.15, 0.2) is 17.3 Å². The summed E-state index contributed by atoms with van der Waals surface area (Å²) in [7, 11) is 0. The van der Waals surface area contributed by atoms with Crippen molar-refractivity contribution in [1.82, 2.24) is 0 Å². The number of thioether (sulfide) groups is 1. The van der Waals surface area contributed by atoms with E-state index >= 15 is 0 Å². The first kappa shape index (κ1) is 26.0. The molecule has 6 rings (SSSR count). The minimum absolute atomic E-state index is 0.0995. The molecular formula is C36H30O3S. The number of carbonyl (C=O) groups is 1. The zero-order valence-corrected chi connectivity index (χ0v) is 23.1. The van der Waals surface area contributed by atoms with Gasteiger partial charge in [0, 0.05) is 22.8 Å². The van der Waals surface area contributed by atoms with E-state index in [9.17, 15) is 4.79 Å². The Bertz CT molecular complexity index is 1490. The van der Waals surface area contributed by atoms with Crippen molar-refractivity contribution in [1.29, 1.82) is 0 Å². The largest absolute Gasteiger partial charge is 0.454 e. The Morgan fingerprint density at radius 2 is 1.23 bits per heavy atom. The summed E-state index contributed by atoms with van der Waals surface area (Å²) < 4.78 is 11.5. The predicted octanol–water partition coefficient (Wildman–Crippen LogP) is 8.53. The first-order valence-electron chi connectivity index (χ1n) is 13.4. The van der Waals surface area contributed by atoms with Crippen molar-refractivity contribution >= 4 is 17.5 Å². The van der Waals surface area contributed by atoms with Gasteiger partial charge >= 0.3 is 0 Å². The van der Waals surface area contributed by atoms with Crippen LogP contribution in [0, 0.1) is 0 Å². The van der Waals surface area contributed by atoms with E-state index in [1.54, 1.807) is 11.8 Å². The summed E-state index contributed by atoms with van der Waals surface area (Å²) >= 11 is 1.67. The maximum absolute atomic E-state index is 14.1. The molecule has 0 aromatic heterocycles. The molecule has 3 nitrogen and oxygen atoms in total. The lowest BCUT2D eigenvalue weighted by Crippen LogP contribution is -2.38. The second-order valence-corrected chi connectivity index (χ2v) is 10.8. The van der Waals surface area contributed by atoms with Crippen LogP contribution in [0.15, 0.2) is 138 Å². The van der Waals surface area contributed by atoms with Gasteiger partial charge in [0.1, 0.15) is 0 Å². The van der Waals surface area contributed by atoms with Crippen molar-refractivity contribution in [2.24, 2.45) is 0 Å². The van der Waals surface area contributed by atoms with Gasteiger partial charge in [-0.15, -0.1) is 11.8 Å². The number of carbonyl (C=O) groups excluding carboxylic acids is 1. The van der Waals surface area contributed by atoms with E-state index in [1.807, 2.05) is 54.8 Å². The molecule has 0 amide bonds. The molecule has 0 saturated heterocycles. The summed E-state index contributed by atoms with van der Waals surface area (Å²) in [6.45, 7) is 0.200. The number of hydrogen-bond donors (Lipinski definition) is 0. The second-order valence-electron chi connectivity index (χ2n) is 9.93. The summed E-state index contributed by atoms with van der Waals surface area (Å²) in [6.07, 6.45) is 2.34. The van der Waals surface area contributed by atoms with Crippen LogP contribution >= 0.6 is 11.8 Å². The smallest absolute Gasteiger partial charge is 0.231 e. The fourth-order valence-electron chi connectivity index (χ4n) is 5.94. The van der Waals surface area contributed by atoms with Crippen molar-refractivity contribution < 1.29 is 14.3 Å². The van der Waals surface area contributed by atoms with Gasteiger partial charge in [-0.2, -0.15) is 0 Å². The highest BCUT2D eigenvalue weighted by Gasteiger charge is 2.45. The fourth-order valence-corrected chi connectivity index (χ4v) is 6.35. The van der Waals surface area contributed by atoms with Crippen LogP contribution < -0.4 is 9.47 Å². The highest BCUT2D eigenvalue weighted by molar-refractivity contribution is 7.98. The monoisotopic (exact) mass is 542 g/mol. The number of rotatable bonds is 9. The Balaban J connectivity index is 1.61. The Morgan fingerprint density at radius 1 is 0.700 bits per heavy atom. The lowest BCUT2D eigenvalue weighted by Gasteiger charge is -2.43. The molecule has 1 aliphatic heterocycles. The first-order valence-corrected chi connectivity index (χ1v) is 14.7. The van der Waals surface area contributed by atoms with E-state index in [-0.39, 0.29) is 18.5 Å². The fraction of sp³-hybridized carbons (Fsp3) is 0.139. The van der Waals surface area contributed by atoms with Crippen LogP contribution in [0.25, 0.3) is 0 Å². The third kappa shape index (κ3) is 4.80. The average Bonchev–Trinajstić information content (AvgIpc) is 3.51. The molecule has 0 fully saturated rings. The van der Waals surface area contributed by atoms with Crippen molar-refractivity contribution in [3.05, 3.63) is 161 Å². The van der Waals surface area contributed by atoms with Crippen LogP contribution in [0.2, 0.25) is 0 Å². The molecule has 0 radical (unpaired) electrons. The normalized spacial score (nSPS) is 13.1. The summed E-state index contributed by atoms with van der Waals surface area (Å²) in [6, 6.07) is 45.7. The number of ether oxygens (including phenoxy) is 2. The third-order valence-electron chi connectivity index (χ3n) is 7.81. The van der Waals surface area contributed by atoms with Crippen molar-refractivity contribution in [2.75, 3.05) is 13.0 Å². The molecule has 0 saturated carbocycles. The molecule has 0 spiro atoms. The van der Waals surface area contributed by atoms with Crippen LogP contribution in [0.4, 0.5) is 0 Å². The summed E-state index contributed by atoms with van der Waals surface area (Å²) in [5, 5.41) is 0. The minimum Gasteiger partial charge on any atom is -0.454 e. The van der Waals surface area contributed by atoms with Crippen LogP contribution in [-0.2, 0) is 5.41 Å².